The van der Waals surface area contributed by atoms with Crippen molar-refractivity contribution in [2.24, 2.45) is 17.8 Å². The third-order valence-electron chi connectivity index (χ3n) is 4.56. The quantitative estimate of drug-likeness (QED) is 0.665. The number of likely N-dealkylation sites (tertiary alicyclic amines) is 1. The molecule has 2 heteroatoms. The molecule has 0 amide bonds. The molecule has 3 unspecified atom stereocenters. The van der Waals surface area contributed by atoms with Gasteiger partial charge in [-0.3, -0.25) is 0 Å². The van der Waals surface area contributed by atoms with Crippen molar-refractivity contribution in [2.75, 3.05) is 19.6 Å². The van der Waals surface area contributed by atoms with Crippen LogP contribution < -0.4 is 0 Å². The number of hydrogen-bond acceptors (Lipinski definition) is 2. The number of thiophene rings is 1. The van der Waals surface area contributed by atoms with Gasteiger partial charge in [0.25, 0.3) is 0 Å². The van der Waals surface area contributed by atoms with Gasteiger partial charge < -0.3 is 4.90 Å². The predicted molar refractivity (Wildman–Crippen MR) is 95.2 cm³/mol. The summed E-state index contributed by atoms with van der Waals surface area (Å²) in [4.78, 5) is 5.88. The number of unbranched alkanes of at least 4 members (excludes halogenated alkanes) is 1. The summed E-state index contributed by atoms with van der Waals surface area (Å²) < 4.78 is 0. The molecule has 0 N–H and O–H groups in total. The fourth-order valence-electron chi connectivity index (χ4n) is 3.81. The molecule has 0 spiro atoms. The van der Waals surface area contributed by atoms with Gasteiger partial charge >= 0.3 is 0 Å². The Hall–Kier alpha value is -0.340. The minimum Gasteiger partial charge on any atom is -0.303 e. The summed E-state index contributed by atoms with van der Waals surface area (Å²) in [6.45, 7) is 13.4. The van der Waals surface area contributed by atoms with E-state index in [9.17, 15) is 0 Å². The third-order valence-corrected chi connectivity index (χ3v) is 5.73. The van der Waals surface area contributed by atoms with Crippen molar-refractivity contribution < 1.29 is 0 Å². The van der Waals surface area contributed by atoms with Crippen molar-refractivity contribution in [3.8, 4) is 0 Å². The Morgan fingerprint density at radius 2 is 1.86 bits per heavy atom. The molecule has 1 aromatic rings. The number of piperidine rings is 1. The molecule has 0 saturated carbocycles. The number of rotatable bonds is 7. The van der Waals surface area contributed by atoms with Crippen LogP contribution in [-0.2, 0) is 12.8 Å². The van der Waals surface area contributed by atoms with Gasteiger partial charge in [0.05, 0.1) is 0 Å². The molecule has 1 aliphatic rings. The molecule has 0 bridgehead atoms. The van der Waals surface area contributed by atoms with E-state index < -0.39 is 0 Å². The van der Waals surface area contributed by atoms with Crippen LogP contribution >= 0.6 is 11.3 Å². The lowest BCUT2D eigenvalue weighted by Crippen LogP contribution is -2.41. The molecule has 0 aromatic carbocycles. The molecular weight excluding hydrogens is 274 g/mol. The van der Waals surface area contributed by atoms with Crippen LogP contribution in [0.15, 0.2) is 12.1 Å². The van der Waals surface area contributed by atoms with E-state index in [4.69, 9.17) is 0 Å². The van der Waals surface area contributed by atoms with Crippen molar-refractivity contribution in [2.45, 2.75) is 59.8 Å². The first kappa shape index (κ1) is 17.0. The molecule has 120 valence electrons. The Labute approximate surface area is 135 Å². The molecule has 1 aromatic heterocycles. The fraction of sp³-hybridized carbons (Fsp3) is 0.789. The molecule has 2 rings (SSSR count). The fourth-order valence-corrected chi connectivity index (χ4v) is 5.03. The summed E-state index contributed by atoms with van der Waals surface area (Å²) in [7, 11) is 0. The Balaban J connectivity index is 1.78. The first-order valence-electron chi connectivity index (χ1n) is 8.86. The van der Waals surface area contributed by atoms with E-state index in [2.05, 4.69) is 44.7 Å². The van der Waals surface area contributed by atoms with Gasteiger partial charge in [-0.1, -0.05) is 34.1 Å². The summed E-state index contributed by atoms with van der Waals surface area (Å²) in [5.74, 6) is 2.53. The topological polar surface area (TPSA) is 3.24 Å². The second-order valence-electron chi connectivity index (χ2n) is 7.45. The summed E-state index contributed by atoms with van der Waals surface area (Å²) >= 11 is 2.05. The minimum atomic E-state index is 0.778. The Bertz CT molecular complexity index is 401. The molecule has 1 fully saturated rings. The maximum atomic E-state index is 2.70. The van der Waals surface area contributed by atoms with Crippen LogP contribution in [0.3, 0.4) is 0 Å². The highest BCUT2D eigenvalue weighted by atomic mass is 32.1. The largest absolute Gasteiger partial charge is 0.303 e. The van der Waals surface area contributed by atoms with Crippen LogP contribution in [0, 0.1) is 17.8 Å². The standard InChI is InChI=1S/C19H33NS/c1-5-6-7-18-8-9-19(21-18)11-17(4)14-20-12-15(2)10-16(3)13-20/h8-9,15-17H,5-7,10-14H2,1-4H3. The molecule has 3 atom stereocenters. The van der Waals surface area contributed by atoms with Gasteiger partial charge in [0.15, 0.2) is 0 Å². The maximum absolute atomic E-state index is 2.70. The summed E-state index contributed by atoms with van der Waals surface area (Å²) in [6, 6.07) is 4.72. The van der Waals surface area contributed by atoms with E-state index in [1.807, 2.05) is 11.3 Å². The van der Waals surface area contributed by atoms with Crippen LogP contribution in [0.5, 0.6) is 0 Å². The molecule has 1 aliphatic heterocycles. The zero-order valence-corrected chi connectivity index (χ0v) is 15.2. The van der Waals surface area contributed by atoms with Crippen LogP contribution in [0.4, 0.5) is 0 Å². The second kappa shape index (κ2) is 8.33. The van der Waals surface area contributed by atoms with E-state index in [1.165, 1.54) is 51.7 Å². The monoisotopic (exact) mass is 307 g/mol. The summed E-state index contributed by atoms with van der Waals surface area (Å²) in [5, 5.41) is 0. The van der Waals surface area contributed by atoms with Crippen LogP contribution in [0.2, 0.25) is 0 Å². The van der Waals surface area contributed by atoms with Crippen molar-refractivity contribution in [1.82, 2.24) is 4.90 Å². The Morgan fingerprint density at radius 1 is 1.19 bits per heavy atom. The lowest BCUT2D eigenvalue weighted by molar-refractivity contribution is 0.125. The van der Waals surface area contributed by atoms with Crippen LogP contribution in [-0.4, -0.2) is 24.5 Å². The summed E-state index contributed by atoms with van der Waals surface area (Å²) in [5.41, 5.74) is 0. The van der Waals surface area contributed by atoms with Gasteiger partial charge in [-0.05, 0) is 55.6 Å². The minimum absolute atomic E-state index is 0.778. The zero-order valence-electron chi connectivity index (χ0n) is 14.4. The van der Waals surface area contributed by atoms with Gasteiger partial charge in [0.2, 0.25) is 0 Å². The number of nitrogens with zero attached hydrogens (tertiary/aromatic N) is 1. The van der Waals surface area contributed by atoms with Gasteiger partial charge in [-0.15, -0.1) is 11.3 Å². The van der Waals surface area contributed by atoms with Gasteiger partial charge in [-0.25, -0.2) is 0 Å². The molecule has 1 saturated heterocycles. The van der Waals surface area contributed by atoms with Crippen LogP contribution in [0.1, 0.15) is 56.7 Å². The van der Waals surface area contributed by atoms with E-state index >= 15 is 0 Å². The molecule has 0 aliphatic carbocycles. The number of hydrogen-bond donors (Lipinski definition) is 0. The number of aryl methyl sites for hydroxylation is 1. The van der Waals surface area contributed by atoms with Gasteiger partial charge in [-0.2, -0.15) is 0 Å². The first-order valence-corrected chi connectivity index (χ1v) is 9.68. The second-order valence-corrected chi connectivity index (χ2v) is 8.70. The lowest BCUT2D eigenvalue weighted by Gasteiger charge is -2.36. The molecule has 2 heterocycles. The van der Waals surface area contributed by atoms with Gasteiger partial charge in [0.1, 0.15) is 0 Å². The van der Waals surface area contributed by atoms with E-state index in [-0.39, 0.29) is 0 Å². The SMILES string of the molecule is CCCCc1ccc(CC(C)CN2CC(C)CC(C)C2)s1. The van der Waals surface area contributed by atoms with Gasteiger partial charge in [0, 0.05) is 29.4 Å². The van der Waals surface area contributed by atoms with E-state index in [0.717, 1.165) is 17.8 Å². The average molecular weight is 308 g/mol. The van der Waals surface area contributed by atoms with E-state index in [0.29, 0.717) is 0 Å². The van der Waals surface area contributed by atoms with Crippen molar-refractivity contribution in [1.29, 1.82) is 0 Å². The molecular formula is C19H33NS. The Kier molecular flexibility index (Phi) is 6.75. The molecule has 1 nitrogen and oxygen atoms in total. The highest BCUT2D eigenvalue weighted by Gasteiger charge is 2.22. The molecule has 21 heavy (non-hydrogen) atoms. The maximum Gasteiger partial charge on any atom is 0.00513 e. The highest BCUT2D eigenvalue weighted by molar-refractivity contribution is 7.11. The van der Waals surface area contributed by atoms with Crippen LogP contribution in [0.25, 0.3) is 0 Å². The smallest absolute Gasteiger partial charge is 0.00513 e. The molecule has 0 radical (unpaired) electrons. The normalized spacial score (nSPS) is 25.1. The third kappa shape index (κ3) is 5.75. The van der Waals surface area contributed by atoms with E-state index in [1.54, 1.807) is 9.75 Å². The van der Waals surface area contributed by atoms with Crippen molar-refractivity contribution in [3.63, 3.8) is 0 Å². The zero-order chi connectivity index (χ0) is 15.2. The predicted octanol–water partition coefficient (Wildman–Crippen LogP) is 5.25. The van der Waals surface area contributed by atoms with Crippen molar-refractivity contribution >= 4 is 11.3 Å². The average Bonchev–Trinajstić information content (AvgIpc) is 2.82. The Morgan fingerprint density at radius 3 is 2.52 bits per heavy atom. The highest BCUT2D eigenvalue weighted by Crippen LogP contribution is 2.24. The first-order chi connectivity index (χ1) is 10.1. The van der Waals surface area contributed by atoms with Crippen molar-refractivity contribution in [3.05, 3.63) is 21.9 Å². The lowest BCUT2D eigenvalue weighted by atomic mass is 9.91. The summed E-state index contributed by atoms with van der Waals surface area (Å²) in [6.07, 6.45) is 6.58.